The van der Waals surface area contributed by atoms with Crippen LogP contribution < -0.4 is 5.56 Å². The lowest BCUT2D eigenvalue weighted by Crippen LogP contribution is -2.25. The van der Waals surface area contributed by atoms with Gasteiger partial charge in [-0.25, -0.2) is 4.68 Å². The van der Waals surface area contributed by atoms with Crippen LogP contribution in [-0.2, 0) is 24.7 Å². The molecule has 0 fully saturated rings. The van der Waals surface area contributed by atoms with Crippen LogP contribution in [0.1, 0.15) is 18.1 Å². The number of aromatic nitrogens is 2. The molecule has 2 aromatic rings. The molecule has 0 aliphatic rings. The van der Waals surface area contributed by atoms with Crippen LogP contribution in [0.4, 0.5) is 0 Å². The number of nitrogens with zero attached hydrogens (tertiary/aromatic N) is 2. The average molecular weight is 272 g/mol. The van der Waals surface area contributed by atoms with Crippen molar-refractivity contribution in [3.05, 3.63) is 51.8 Å². The molecule has 20 heavy (non-hydrogen) atoms. The van der Waals surface area contributed by atoms with Gasteiger partial charge in [0.05, 0.1) is 12.1 Å². The van der Waals surface area contributed by atoms with Gasteiger partial charge in [0.15, 0.2) is 0 Å². The molecule has 5 nitrogen and oxygen atoms in total. The highest BCUT2D eigenvalue weighted by Gasteiger charge is 2.11. The number of aliphatic carboxylic acids is 1. The van der Waals surface area contributed by atoms with Gasteiger partial charge in [0, 0.05) is 18.2 Å². The molecule has 104 valence electrons. The largest absolute Gasteiger partial charge is 0.481 e. The molecule has 0 radical (unpaired) electrons. The molecular weight excluding hydrogens is 256 g/mol. The van der Waals surface area contributed by atoms with Crippen molar-refractivity contribution in [2.75, 3.05) is 0 Å². The van der Waals surface area contributed by atoms with Gasteiger partial charge in [-0.2, -0.15) is 5.10 Å². The first-order chi connectivity index (χ1) is 9.51. The van der Waals surface area contributed by atoms with E-state index in [4.69, 9.17) is 5.11 Å². The zero-order valence-corrected chi connectivity index (χ0v) is 11.5. The van der Waals surface area contributed by atoms with E-state index in [1.54, 1.807) is 6.07 Å². The summed E-state index contributed by atoms with van der Waals surface area (Å²) < 4.78 is 1.18. The van der Waals surface area contributed by atoms with E-state index in [2.05, 4.69) is 12.0 Å². The quantitative estimate of drug-likeness (QED) is 0.918. The van der Waals surface area contributed by atoms with E-state index in [0.717, 1.165) is 12.0 Å². The summed E-state index contributed by atoms with van der Waals surface area (Å²) >= 11 is 0. The fraction of sp³-hybridized carbons (Fsp3) is 0.267. The third kappa shape index (κ3) is 2.93. The third-order valence-corrected chi connectivity index (χ3v) is 3.14. The number of carboxylic acids is 1. The summed E-state index contributed by atoms with van der Waals surface area (Å²) in [6, 6.07) is 9.40. The predicted molar refractivity (Wildman–Crippen MR) is 75.6 cm³/mol. The van der Waals surface area contributed by atoms with Crippen molar-refractivity contribution < 1.29 is 9.90 Å². The second-order valence-electron chi connectivity index (χ2n) is 4.60. The SMILES string of the molecule is CCc1ccc(-c2cc(CC(=O)O)c(=O)n(C)n2)cc1. The van der Waals surface area contributed by atoms with Crippen LogP contribution in [0, 0.1) is 0 Å². The third-order valence-electron chi connectivity index (χ3n) is 3.14. The number of carbonyl (C=O) groups is 1. The van der Waals surface area contributed by atoms with Crippen molar-refractivity contribution in [1.82, 2.24) is 9.78 Å². The van der Waals surface area contributed by atoms with Gasteiger partial charge in [-0.1, -0.05) is 31.2 Å². The number of hydrogen-bond acceptors (Lipinski definition) is 3. The smallest absolute Gasteiger partial charge is 0.308 e. The molecule has 1 N–H and O–H groups in total. The highest BCUT2D eigenvalue weighted by atomic mass is 16.4. The lowest BCUT2D eigenvalue weighted by atomic mass is 10.1. The molecule has 1 heterocycles. The van der Waals surface area contributed by atoms with Crippen LogP contribution in [0.5, 0.6) is 0 Å². The zero-order chi connectivity index (χ0) is 14.7. The first-order valence-corrected chi connectivity index (χ1v) is 6.39. The molecule has 0 aliphatic carbocycles. The minimum absolute atomic E-state index is 0.240. The topological polar surface area (TPSA) is 72.2 Å². The summed E-state index contributed by atoms with van der Waals surface area (Å²) in [5, 5.41) is 13.0. The van der Waals surface area contributed by atoms with Gasteiger partial charge in [0.25, 0.3) is 5.56 Å². The Bertz CT molecular complexity index is 687. The van der Waals surface area contributed by atoms with Gasteiger partial charge in [-0.05, 0) is 18.1 Å². The highest BCUT2D eigenvalue weighted by molar-refractivity contribution is 5.71. The fourth-order valence-corrected chi connectivity index (χ4v) is 2.01. The Morgan fingerprint density at radius 3 is 2.50 bits per heavy atom. The molecule has 0 saturated heterocycles. The molecule has 0 atom stereocenters. The lowest BCUT2D eigenvalue weighted by molar-refractivity contribution is -0.136. The van der Waals surface area contributed by atoms with E-state index >= 15 is 0 Å². The summed E-state index contributed by atoms with van der Waals surface area (Å²) in [4.78, 5) is 22.6. The van der Waals surface area contributed by atoms with Gasteiger partial charge in [-0.3, -0.25) is 9.59 Å². The van der Waals surface area contributed by atoms with Crippen LogP contribution in [0.2, 0.25) is 0 Å². The van der Waals surface area contributed by atoms with Gasteiger partial charge in [0.1, 0.15) is 0 Å². The minimum atomic E-state index is -1.03. The van der Waals surface area contributed by atoms with Crippen molar-refractivity contribution in [2.24, 2.45) is 7.05 Å². The van der Waals surface area contributed by atoms with Gasteiger partial charge >= 0.3 is 5.97 Å². The molecule has 0 saturated carbocycles. The second kappa shape index (κ2) is 5.69. The first-order valence-electron chi connectivity index (χ1n) is 6.39. The van der Waals surface area contributed by atoms with E-state index < -0.39 is 5.97 Å². The summed E-state index contributed by atoms with van der Waals surface area (Å²) in [6.07, 6.45) is 0.653. The molecule has 1 aromatic carbocycles. The zero-order valence-electron chi connectivity index (χ0n) is 11.5. The minimum Gasteiger partial charge on any atom is -0.481 e. The number of carboxylic acid groups (broad SMARTS) is 1. The summed E-state index contributed by atoms with van der Waals surface area (Å²) in [6.45, 7) is 2.07. The number of benzene rings is 1. The maximum absolute atomic E-state index is 11.8. The fourth-order valence-electron chi connectivity index (χ4n) is 2.01. The number of aryl methyl sites for hydroxylation is 2. The average Bonchev–Trinajstić information content (AvgIpc) is 2.43. The molecule has 0 amide bonds. The molecular formula is C15H16N2O3. The molecule has 0 spiro atoms. The van der Waals surface area contributed by atoms with Gasteiger partial charge < -0.3 is 5.11 Å². The maximum Gasteiger partial charge on any atom is 0.308 e. The summed E-state index contributed by atoms with van der Waals surface area (Å²) in [7, 11) is 1.53. The monoisotopic (exact) mass is 272 g/mol. The summed E-state index contributed by atoms with van der Waals surface area (Å²) in [5.41, 5.74) is 2.55. The number of rotatable bonds is 4. The predicted octanol–water partition coefficient (Wildman–Crippen LogP) is 1.64. The molecule has 0 aliphatic heterocycles. The van der Waals surface area contributed by atoms with Crippen LogP contribution in [-0.4, -0.2) is 20.9 Å². The first kappa shape index (κ1) is 14.0. The Hall–Kier alpha value is -2.43. The molecule has 5 heteroatoms. The standard InChI is InChI=1S/C15H16N2O3/c1-3-10-4-6-11(7-5-10)13-8-12(9-14(18)19)15(20)17(2)16-13/h4-8H,3,9H2,1-2H3,(H,18,19). The molecule has 1 aromatic heterocycles. The Morgan fingerprint density at radius 1 is 1.30 bits per heavy atom. The number of hydrogen-bond donors (Lipinski definition) is 1. The van der Waals surface area contributed by atoms with E-state index in [9.17, 15) is 9.59 Å². The molecule has 2 rings (SSSR count). The van der Waals surface area contributed by atoms with Crippen molar-refractivity contribution in [2.45, 2.75) is 19.8 Å². The van der Waals surface area contributed by atoms with E-state index in [1.165, 1.54) is 17.3 Å². The van der Waals surface area contributed by atoms with Crippen molar-refractivity contribution in [3.63, 3.8) is 0 Å². The van der Waals surface area contributed by atoms with Gasteiger partial charge in [-0.15, -0.1) is 0 Å². The van der Waals surface area contributed by atoms with Crippen LogP contribution >= 0.6 is 0 Å². The molecule has 0 unspecified atom stereocenters. The lowest BCUT2D eigenvalue weighted by Gasteiger charge is -2.07. The Kier molecular flexibility index (Phi) is 3.98. The maximum atomic E-state index is 11.8. The van der Waals surface area contributed by atoms with Crippen LogP contribution in [0.25, 0.3) is 11.3 Å². The van der Waals surface area contributed by atoms with E-state index in [0.29, 0.717) is 5.69 Å². The summed E-state index contributed by atoms with van der Waals surface area (Å²) in [5.74, 6) is -1.03. The van der Waals surface area contributed by atoms with Crippen molar-refractivity contribution in [1.29, 1.82) is 0 Å². The van der Waals surface area contributed by atoms with Gasteiger partial charge in [0.2, 0.25) is 0 Å². The second-order valence-corrected chi connectivity index (χ2v) is 4.60. The van der Waals surface area contributed by atoms with E-state index in [1.807, 2.05) is 24.3 Å². The van der Waals surface area contributed by atoms with E-state index in [-0.39, 0.29) is 17.5 Å². The van der Waals surface area contributed by atoms with Crippen molar-refractivity contribution in [3.8, 4) is 11.3 Å². The normalized spacial score (nSPS) is 10.5. The van der Waals surface area contributed by atoms with Crippen LogP contribution in [0.3, 0.4) is 0 Å². The Morgan fingerprint density at radius 2 is 1.95 bits per heavy atom. The highest BCUT2D eigenvalue weighted by Crippen LogP contribution is 2.17. The molecule has 0 bridgehead atoms. The van der Waals surface area contributed by atoms with Crippen molar-refractivity contribution >= 4 is 5.97 Å². The van der Waals surface area contributed by atoms with Crippen LogP contribution in [0.15, 0.2) is 35.1 Å². The Balaban J connectivity index is 2.48. The Labute approximate surface area is 116 Å².